The summed E-state index contributed by atoms with van der Waals surface area (Å²) in [6, 6.07) is 9.17. The summed E-state index contributed by atoms with van der Waals surface area (Å²) in [6.45, 7) is 2.08. The fraction of sp³-hybridized carbons (Fsp3) is 0.400. The average Bonchev–Trinajstić information content (AvgIpc) is 3.03. The van der Waals surface area contributed by atoms with Gasteiger partial charge in [-0.2, -0.15) is 0 Å². The first kappa shape index (κ1) is 18.5. The van der Waals surface area contributed by atoms with E-state index in [9.17, 15) is 9.59 Å². The first-order valence-electron chi connectivity index (χ1n) is 8.82. The predicted octanol–water partition coefficient (Wildman–Crippen LogP) is 4.07. The molecular formula is C20H23NO4S. The van der Waals surface area contributed by atoms with Gasteiger partial charge in [0, 0.05) is 4.88 Å². The molecule has 2 aromatic rings. The second-order valence-electron chi connectivity index (χ2n) is 6.37. The van der Waals surface area contributed by atoms with Crippen molar-refractivity contribution in [1.82, 2.24) is 0 Å². The highest BCUT2D eigenvalue weighted by Gasteiger charge is 2.29. The number of hydrogen-bond donors (Lipinski definition) is 1. The first-order valence-corrected chi connectivity index (χ1v) is 9.64. The normalized spacial score (nSPS) is 15.8. The molecule has 1 atom stereocenters. The van der Waals surface area contributed by atoms with Crippen molar-refractivity contribution in [3.63, 3.8) is 0 Å². The maximum Gasteiger partial charge on any atom is 0.341 e. The SMILES string of the molecule is CCC1CCc2c(sc(NC(=O)COc3ccccc3)c2C(=O)OC)C1. The van der Waals surface area contributed by atoms with Crippen LogP contribution < -0.4 is 10.1 Å². The van der Waals surface area contributed by atoms with E-state index in [2.05, 4.69) is 12.2 Å². The van der Waals surface area contributed by atoms with Crippen LogP contribution in [0.2, 0.25) is 0 Å². The summed E-state index contributed by atoms with van der Waals surface area (Å²) in [5.74, 6) is 0.588. The van der Waals surface area contributed by atoms with E-state index in [1.807, 2.05) is 18.2 Å². The third-order valence-electron chi connectivity index (χ3n) is 4.70. The number of para-hydroxylation sites is 1. The van der Waals surface area contributed by atoms with Gasteiger partial charge in [-0.1, -0.05) is 31.5 Å². The van der Waals surface area contributed by atoms with Crippen LogP contribution in [0, 0.1) is 5.92 Å². The molecule has 1 aromatic heterocycles. The quantitative estimate of drug-likeness (QED) is 0.776. The van der Waals surface area contributed by atoms with Crippen LogP contribution in [0.4, 0.5) is 5.00 Å². The standard InChI is InChI=1S/C20H23NO4S/c1-3-13-9-10-15-16(11-13)26-19(18(15)20(23)24-2)21-17(22)12-25-14-7-5-4-6-8-14/h4-8,13H,3,9-12H2,1-2H3,(H,21,22). The Balaban J connectivity index is 1.75. The molecule has 0 fully saturated rings. The Morgan fingerprint density at radius 1 is 1.27 bits per heavy atom. The van der Waals surface area contributed by atoms with Crippen LogP contribution in [0.25, 0.3) is 0 Å². The summed E-state index contributed by atoms with van der Waals surface area (Å²) in [5, 5.41) is 3.41. The summed E-state index contributed by atoms with van der Waals surface area (Å²) in [5.41, 5.74) is 1.54. The highest BCUT2D eigenvalue weighted by Crippen LogP contribution is 2.40. The molecule has 138 valence electrons. The van der Waals surface area contributed by atoms with E-state index in [0.29, 0.717) is 22.2 Å². The molecule has 1 aliphatic rings. The van der Waals surface area contributed by atoms with Crippen molar-refractivity contribution in [1.29, 1.82) is 0 Å². The number of rotatable bonds is 6. The van der Waals surface area contributed by atoms with E-state index < -0.39 is 5.97 Å². The number of ether oxygens (including phenoxy) is 2. The first-order chi connectivity index (χ1) is 12.6. The average molecular weight is 373 g/mol. The molecule has 1 aromatic carbocycles. The smallest absolute Gasteiger partial charge is 0.341 e. The summed E-state index contributed by atoms with van der Waals surface area (Å²) in [6.07, 6.45) is 3.99. The van der Waals surface area contributed by atoms with Crippen molar-refractivity contribution >= 4 is 28.2 Å². The lowest BCUT2D eigenvalue weighted by Gasteiger charge is -2.20. The van der Waals surface area contributed by atoms with Crippen LogP contribution in [0.15, 0.2) is 30.3 Å². The second-order valence-corrected chi connectivity index (χ2v) is 7.47. The maximum atomic E-state index is 12.3. The molecule has 3 rings (SSSR count). The molecule has 1 heterocycles. The van der Waals surface area contributed by atoms with Gasteiger partial charge in [0.05, 0.1) is 12.7 Å². The molecule has 1 unspecified atom stereocenters. The summed E-state index contributed by atoms with van der Waals surface area (Å²) >= 11 is 1.49. The van der Waals surface area contributed by atoms with Crippen LogP contribution in [0.1, 0.15) is 40.6 Å². The molecule has 0 aliphatic heterocycles. The minimum Gasteiger partial charge on any atom is -0.484 e. The zero-order valence-corrected chi connectivity index (χ0v) is 15.9. The fourth-order valence-electron chi connectivity index (χ4n) is 3.24. The number of thiophene rings is 1. The summed E-state index contributed by atoms with van der Waals surface area (Å²) in [4.78, 5) is 25.8. The molecule has 5 nitrogen and oxygen atoms in total. The van der Waals surface area contributed by atoms with Crippen LogP contribution in [0.3, 0.4) is 0 Å². The molecule has 1 amide bonds. The zero-order chi connectivity index (χ0) is 18.5. The number of fused-ring (bicyclic) bond motifs is 1. The lowest BCUT2D eigenvalue weighted by atomic mass is 9.86. The van der Waals surface area contributed by atoms with Gasteiger partial charge in [-0.05, 0) is 42.9 Å². The van der Waals surface area contributed by atoms with Gasteiger partial charge in [0.25, 0.3) is 5.91 Å². The van der Waals surface area contributed by atoms with Crippen molar-refractivity contribution in [3.05, 3.63) is 46.3 Å². The molecule has 26 heavy (non-hydrogen) atoms. The number of nitrogens with one attached hydrogen (secondary N) is 1. The van der Waals surface area contributed by atoms with Gasteiger partial charge in [0.15, 0.2) is 6.61 Å². The largest absolute Gasteiger partial charge is 0.484 e. The monoisotopic (exact) mass is 373 g/mol. The number of methoxy groups -OCH3 is 1. The van der Waals surface area contributed by atoms with Crippen molar-refractivity contribution in [2.75, 3.05) is 19.0 Å². The Morgan fingerprint density at radius 3 is 2.73 bits per heavy atom. The van der Waals surface area contributed by atoms with Crippen molar-refractivity contribution in [2.45, 2.75) is 32.6 Å². The van der Waals surface area contributed by atoms with Crippen LogP contribution in [-0.4, -0.2) is 25.6 Å². The van der Waals surface area contributed by atoms with E-state index in [4.69, 9.17) is 9.47 Å². The number of carbonyl (C=O) groups is 2. The van der Waals surface area contributed by atoms with Gasteiger partial charge in [-0.25, -0.2) is 4.79 Å². The fourth-order valence-corrected chi connectivity index (χ4v) is 4.60. The van der Waals surface area contributed by atoms with Gasteiger partial charge < -0.3 is 14.8 Å². The third-order valence-corrected chi connectivity index (χ3v) is 5.87. The molecular weight excluding hydrogens is 350 g/mol. The number of anilines is 1. The van der Waals surface area contributed by atoms with Crippen LogP contribution >= 0.6 is 11.3 Å². The molecule has 0 bridgehead atoms. The van der Waals surface area contributed by atoms with Crippen molar-refractivity contribution < 1.29 is 19.1 Å². The van der Waals surface area contributed by atoms with Crippen molar-refractivity contribution in [2.24, 2.45) is 5.92 Å². The Hall–Kier alpha value is -2.34. The maximum absolute atomic E-state index is 12.3. The van der Waals surface area contributed by atoms with Gasteiger partial charge in [-0.3, -0.25) is 4.79 Å². The van der Waals surface area contributed by atoms with E-state index in [-0.39, 0.29) is 12.5 Å². The topological polar surface area (TPSA) is 64.6 Å². The molecule has 0 saturated heterocycles. The minimum atomic E-state index is -0.392. The lowest BCUT2D eigenvalue weighted by Crippen LogP contribution is -2.21. The molecule has 1 aliphatic carbocycles. The predicted molar refractivity (Wildman–Crippen MR) is 102 cm³/mol. The Bertz CT molecular complexity index is 785. The van der Waals surface area contributed by atoms with Crippen LogP contribution in [0.5, 0.6) is 5.75 Å². The van der Waals surface area contributed by atoms with Gasteiger partial charge in [-0.15, -0.1) is 11.3 Å². The zero-order valence-electron chi connectivity index (χ0n) is 15.0. The van der Waals surface area contributed by atoms with Crippen LogP contribution in [-0.2, 0) is 22.4 Å². The highest BCUT2D eigenvalue weighted by atomic mass is 32.1. The van der Waals surface area contributed by atoms with Gasteiger partial charge in [0.1, 0.15) is 10.8 Å². The lowest BCUT2D eigenvalue weighted by molar-refractivity contribution is -0.118. The number of carbonyl (C=O) groups excluding carboxylic acids is 2. The number of hydrogen-bond acceptors (Lipinski definition) is 5. The molecule has 0 spiro atoms. The second kappa shape index (κ2) is 8.36. The van der Waals surface area contributed by atoms with E-state index in [1.165, 1.54) is 23.3 Å². The Labute approximate surface area is 157 Å². The minimum absolute atomic E-state index is 0.106. The molecule has 1 N–H and O–H groups in total. The Morgan fingerprint density at radius 2 is 2.04 bits per heavy atom. The van der Waals surface area contributed by atoms with E-state index >= 15 is 0 Å². The van der Waals surface area contributed by atoms with Crippen molar-refractivity contribution in [3.8, 4) is 5.75 Å². The Kier molecular flexibility index (Phi) is 5.93. The summed E-state index contributed by atoms with van der Waals surface area (Å²) < 4.78 is 10.4. The number of amides is 1. The number of esters is 1. The molecule has 0 radical (unpaired) electrons. The van der Waals surface area contributed by atoms with E-state index in [0.717, 1.165) is 31.2 Å². The molecule has 6 heteroatoms. The summed E-state index contributed by atoms with van der Waals surface area (Å²) in [7, 11) is 1.37. The number of benzene rings is 1. The van der Waals surface area contributed by atoms with Gasteiger partial charge in [0.2, 0.25) is 0 Å². The molecule has 0 saturated carbocycles. The third kappa shape index (κ3) is 4.07. The highest BCUT2D eigenvalue weighted by molar-refractivity contribution is 7.17. The van der Waals surface area contributed by atoms with Gasteiger partial charge >= 0.3 is 5.97 Å². The van der Waals surface area contributed by atoms with E-state index in [1.54, 1.807) is 12.1 Å².